The van der Waals surface area contributed by atoms with Crippen LogP contribution < -0.4 is 0 Å². The average molecular weight is 342 g/mol. The first-order valence-electron chi connectivity index (χ1n) is 5.23. The first-order chi connectivity index (χ1) is 7.95. The van der Waals surface area contributed by atoms with E-state index >= 15 is 0 Å². The Kier molecular flexibility index (Phi) is 6.08. The maximum atomic E-state index is 11.9. The summed E-state index contributed by atoms with van der Waals surface area (Å²) in [4.78, 5) is 1.00. The van der Waals surface area contributed by atoms with Crippen molar-refractivity contribution in [3.8, 4) is 0 Å². The van der Waals surface area contributed by atoms with Crippen molar-refractivity contribution in [2.45, 2.75) is 19.4 Å². The molecule has 1 aromatic rings. The second-order valence-corrected chi connectivity index (χ2v) is 7.84. The van der Waals surface area contributed by atoms with Crippen molar-refractivity contribution in [3.05, 3.63) is 20.8 Å². The van der Waals surface area contributed by atoms with Gasteiger partial charge in [-0.25, -0.2) is 8.42 Å². The lowest BCUT2D eigenvalue weighted by Crippen LogP contribution is -2.28. The monoisotopic (exact) mass is 341 g/mol. The van der Waals surface area contributed by atoms with Gasteiger partial charge in [-0.15, -0.1) is 11.3 Å². The third-order valence-electron chi connectivity index (χ3n) is 2.29. The van der Waals surface area contributed by atoms with Crippen LogP contribution in [0.5, 0.6) is 0 Å². The number of thiophene rings is 1. The van der Waals surface area contributed by atoms with Crippen molar-refractivity contribution in [2.75, 3.05) is 19.4 Å². The molecule has 1 N–H and O–H groups in total. The van der Waals surface area contributed by atoms with E-state index in [1.807, 2.05) is 11.4 Å². The van der Waals surface area contributed by atoms with E-state index in [9.17, 15) is 8.42 Å². The molecule has 0 aliphatic rings. The minimum Gasteiger partial charge on any atom is -0.396 e. The van der Waals surface area contributed by atoms with E-state index in [-0.39, 0.29) is 12.4 Å². The van der Waals surface area contributed by atoms with Crippen LogP contribution >= 0.6 is 27.3 Å². The molecule has 1 rings (SSSR count). The van der Waals surface area contributed by atoms with Gasteiger partial charge in [0.05, 0.1) is 5.75 Å². The molecule has 4 nitrogen and oxygen atoms in total. The highest BCUT2D eigenvalue weighted by molar-refractivity contribution is 9.10. The highest BCUT2D eigenvalue weighted by Crippen LogP contribution is 2.21. The van der Waals surface area contributed by atoms with Crippen molar-refractivity contribution in [1.82, 2.24) is 4.31 Å². The number of halogens is 1. The van der Waals surface area contributed by atoms with Crippen LogP contribution in [-0.2, 0) is 16.6 Å². The summed E-state index contributed by atoms with van der Waals surface area (Å²) in [5.74, 6) is 0.0939. The number of hydrogen-bond acceptors (Lipinski definition) is 4. The summed E-state index contributed by atoms with van der Waals surface area (Å²) in [6.45, 7) is 0.439. The van der Waals surface area contributed by atoms with Crippen LogP contribution in [0, 0.1) is 0 Å². The Labute approximate surface area is 114 Å². The zero-order valence-corrected chi connectivity index (χ0v) is 12.8. The average Bonchev–Trinajstić information content (AvgIpc) is 2.64. The van der Waals surface area contributed by atoms with Crippen LogP contribution in [0.15, 0.2) is 15.9 Å². The molecule has 7 heteroatoms. The van der Waals surface area contributed by atoms with Gasteiger partial charge in [0.15, 0.2) is 0 Å². The quantitative estimate of drug-likeness (QED) is 0.772. The summed E-state index contributed by atoms with van der Waals surface area (Å²) in [7, 11) is -1.62. The molecule has 0 saturated heterocycles. The lowest BCUT2D eigenvalue weighted by Gasteiger charge is -2.15. The third kappa shape index (κ3) is 5.05. The highest BCUT2D eigenvalue weighted by Gasteiger charge is 2.17. The molecule has 0 bridgehead atoms. The van der Waals surface area contributed by atoms with Crippen LogP contribution in [0.2, 0.25) is 0 Å². The van der Waals surface area contributed by atoms with Crippen molar-refractivity contribution in [2.24, 2.45) is 0 Å². The Balaban J connectivity index is 2.53. The largest absolute Gasteiger partial charge is 0.396 e. The van der Waals surface area contributed by atoms with Gasteiger partial charge in [0.2, 0.25) is 10.0 Å². The number of nitrogens with zero attached hydrogens (tertiary/aromatic N) is 1. The van der Waals surface area contributed by atoms with Gasteiger partial charge in [-0.1, -0.05) is 0 Å². The molecule has 1 heterocycles. The van der Waals surface area contributed by atoms with E-state index in [1.54, 1.807) is 7.05 Å². The first kappa shape index (κ1) is 15.1. The van der Waals surface area contributed by atoms with E-state index in [0.29, 0.717) is 19.4 Å². The van der Waals surface area contributed by atoms with Gasteiger partial charge < -0.3 is 5.11 Å². The lowest BCUT2D eigenvalue weighted by molar-refractivity contribution is 0.287. The number of hydrogen-bond donors (Lipinski definition) is 1. The molecule has 0 unspecified atom stereocenters. The van der Waals surface area contributed by atoms with Crippen LogP contribution in [0.1, 0.15) is 17.7 Å². The number of aliphatic hydroxyl groups excluding tert-OH is 1. The number of aliphatic hydroxyl groups is 1. The lowest BCUT2D eigenvalue weighted by atomic mass is 10.4. The first-order valence-corrected chi connectivity index (χ1v) is 8.51. The molecule has 0 spiro atoms. The SMILES string of the molecule is CN(Cc1cc(Br)cs1)S(=O)(=O)CCCCO. The van der Waals surface area contributed by atoms with Crippen molar-refractivity contribution in [3.63, 3.8) is 0 Å². The van der Waals surface area contributed by atoms with Gasteiger partial charge >= 0.3 is 0 Å². The molecular formula is C10H16BrNO3S2. The van der Waals surface area contributed by atoms with Crippen LogP contribution in [0.4, 0.5) is 0 Å². The fourth-order valence-electron chi connectivity index (χ4n) is 1.31. The fourth-order valence-corrected chi connectivity index (χ4v) is 4.11. The summed E-state index contributed by atoms with van der Waals surface area (Å²) < 4.78 is 26.0. The molecule has 17 heavy (non-hydrogen) atoms. The minimum absolute atomic E-state index is 0.0388. The van der Waals surface area contributed by atoms with Gasteiger partial charge in [0.1, 0.15) is 0 Å². The minimum atomic E-state index is -3.21. The number of rotatable bonds is 7. The number of unbranched alkanes of at least 4 members (excludes halogenated alkanes) is 1. The van der Waals surface area contributed by atoms with Gasteiger partial charge in [0.25, 0.3) is 0 Å². The van der Waals surface area contributed by atoms with Crippen molar-refractivity contribution < 1.29 is 13.5 Å². The zero-order chi connectivity index (χ0) is 12.9. The molecule has 0 aliphatic carbocycles. The molecule has 0 aromatic carbocycles. The van der Waals surface area contributed by atoms with Gasteiger partial charge in [-0.3, -0.25) is 0 Å². The third-order valence-corrected chi connectivity index (χ3v) is 5.85. The summed E-state index contributed by atoms with van der Waals surface area (Å²) >= 11 is 4.87. The topological polar surface area (TPSA) is 57.6 Å². The molecule has 0 fully saturated rings. The second kappa shape index (κ2) is 6.84. The van der Waals surface area contributed by atoms with Crippen molar-refractivity contribution >= 4 is 37.3 Å². The van der Waals surface area contributed by atoms with Crippen LogP contribution in [-0.4, -0.2) is 37.2 Å². The Bertz CT molecular complexity index is 444. The normalized spacial score (nSPS) is 12.2. The maximum absolute atomic E-state index is 11.9. The molecule has 0 saturated carbocycles. The van der Waals surface area contributed by atoms with E-state index in [4.69, 9.17) is 5.11 Å². The van der Waals surface area contributed by atoms with Gasteiger partial charge in [-0.05, 0) is 34.8 Å². The van der Waals surface area contributed by atoms with Gasteiger partial charge in [-0.2, -0.15) is 4.31 Å². The highest BCUT2D eigenvalue weighted by atomic mass is 79.9. The second-order valence-electron chi connectivity index (χ2n) is 3.73. The Morgan fingerprint density at radius 2 is 2.18 bits per heavy atom. The van der Waals surface area contributed by atoms with Crippen molar-refractivity contribution in [1.29, 1.82) is 0 Å². The van der Waals surface area contributed by atoms with Crippen LogP contribution in [0.3, 0.4) is 0 Å². The molecule has 0 radical (unpaired) electrons. The Hall–Kier alpha value is 0.0500. The van der Waals surface area contributed by atoms with E-state index in [2.05, 4.69) is 15.9 Å². The molecule has 0 aliphatic heterocycles. The van der Waals surface area contributed by atoms with E-state index in [1.165, 1.54) is 15.6 Å². The molecule has 0 atom stereocenters. The Morgan fingerprint density at radius 3 is 2.71 bits per heavy atom. The molecular weight excluding hydrogens is 326 g/mol. The molecule has 0 amide bonds. The zero-order valence-electron chi connectivity index (χ0n) is 9.60. The maximum Gasteiger partial charge on any atom is 0.214 e. The molecule has 98 valence electrons. The van der Waals surface area contributed by atoms with E-state index in [0.717, 1.165) is 9.35 Å². The smallest absolute Gasteiger partial charge is 0.214 e. The summed E-state index contributed by atoms with van der Waals surface area (Å²) in [6, 6.07) is 1.92. The summed E-state index contributed by atoms with van der Waals surface area (Å²) in [5, 5.41) is 10.6. The molecule has 1 aromatic heterocycles. The summed E-state index contributed by atoms with van der Waals surface area (Å²) in [6.07, 6.45) is 1.02. The predicted molar refractivity (Wildman–Crippen MR) is 73.6 cm³/mol. The van der Waals surface area contributed by atoms with Gasteiger partial charge in [0, 0.05) is 34.9 Å². The Morgan fingerprint density at radius 1 is 1.47 bits per heavy atom. The van der Waals surface area contributed by atoms with Crippen LogP contribution in [0.25, 0.3) is 0 Å². The standard InChI is InChI=1S/C10H16BrNO3S2/c1-12(7-10-6-9(11)8-16-10)17(14,15)5-3-2-4-13/h6,8,13H,2-5,7H2,1H3. The fraction of sp³-hybridized carbons (Fsp3) is 0.600. The van der Waals surface area contributed by atoms with E-state index < -0.39 is 10.0 Å². The predicted octanol–water partition coefficient (Wildman–Crippen LogP) is 2.04. The number of sulfonamides is 1. The summed E-state index contributed by atoms with van der Waals surface area (Å²) in [5.41, 5.74) is 0.